The number of carbonyl (C=O) groups is 1. The van der Waals surface area contributed by atoms with Crippen molar-refractivity contribution in [1.29, 1.82) is 0 Å². The van der Waals surface area contributed by atoms with E-state index < -0.39 is 0 Å². The van der Waals surface area contributed by atoms with Crippen molar-refractivity contribution in [3.05, 3.63) is 30.6 Å². The minimum absolute atomic E-state index is 0.265. The lowest BCUT2D eigenvalue weighted by Gasteiger charge is -2.32. The molecule has 0 bridgehead atoms. The van der Waals surface area contributed by atoms with Gasteiger partial charge in [0, 0.05) is 32.4 Å². The third-order valence-corrected chi connectivity index (χ3v) is 5.41. The van der Waals surface area contributed by atoms with Gasteiger partial charge in [-0.05, 0) is 31.0 Å². The molecule has 2 aromatic heterocycles. The number of amides is 1. The van der Waals surface area contributed by atoms with Gasteiger partial charge in [0.25, 0.3) is 0 Å². The highest BCUT2D eigenvalue weighted by atomic mass is 32.2. The van der Waals surface area contributed by atoms with Crippen molar-refractivity contribution < 1.29 is 14.3 Å². The Balaban J connectivity index is 1.83. The molecule has 1 N–H and O–H groups in total. The molecule has 1 aliphatic rings. The van der Waals surface area contributed by atoms with Gasteiger partial charge in [-0.1, -0.05) is 6.58 Å². The highest BCUT2D eigenvalue weighted by molar-refractivity contribution is 7.99. The standard InChI is InChI=1S/C19H25N7O3S/c1-5-14(27)21-12-13-6-7-20-19(22-13)30-15-16(28-3)23-18(24-17(15)29-4)26-10-8-25(2)9-11-26/h5-7H,1,8-12H2,2-4H3,(H,21,27). The molecule has 1 fully saturated rings. The van der Waals surface area contributed by atoms with Crippen molar-refractivity contribution in [1.82, 2.24) is 30.2 Å². The van der Waals surface area contributed by atoms with Crippen molar-refractivity contribution in [3.63, 3.8) is 0 Å². The van der Waals surface area contributed by atoms with Crippen molar-refractivity contribution in [3.8, 4) is 11.8 Å². The van der Waals surface area contributed by atoms with Crippen LogP contribution in [-0.2, 0) is 11.3 Å². The molecule has 3 heterocycles. The molecule has 30 heavy (non-hydrogen) atoms. The number of ether oxygens (including phenoxy) is 2. The first-order chi connectivity index (χ1) is 14.5. The number of hydrogen-bond donors (Lipinski definition) is 1. The molecular formula is C19H25N7O3S. The molecule has 3 rings (SSSR count). The van der Waals surface area contributed by atoms with E-state index in [0.717, 1.165) is 26.2 Å². The van der Waals surface area contributed by atoms with E-state index in [1.54, 1.807) is 26.5 Å². The van der Waals surface area contributed by atoms with E-state index >= 15 is 0 Å². The van der Waals surface area contributed by atoms with E-state index in [1.165, 1.54) is 17.8 Å². The highest BCUT2D eigenvalue weighted by Gasteiger charge is 2.23. The predicted octanol–water partition coefficient (Wildman–Crippen LogP) is 0.989. The zero-order valence-electron chi connectivity index (χ0n) is 17.3. The summed E-state index contributed by atoms with van der Waals surface area (Å²) in [7, 11) is 5.21. The number of nitrogens with one attached hydrogen (secondary N) is 1. The molecule has 0 atom stereocenters. The number of hydrogen-bond acceptors (Lipinski definition) is 10. The lowest BCUT2D eigenvalue weighted by atomic mass is 10.3. The Hall–Kier alpha value is -2.92. The Morgan fingerprint density at radius 2 is 1.87 bits per heavy atom. The Kier molecular flexibility index (Phi) is 7.41. The largest absolute Gasteiger partial charge is 0.480 e. The maximum absolute atomic E-state index is 11.4. The fourth-order valence-corrected chi connectivity index (χ4v) is 3.67. The van der Waals surface area contributed by atoms with Crippen molar-refractivity contribution >= 4 is 23.6 Å². The molecule has 10 nitrogen and oxygen atoms in total. The monoisotopic (exact) mass is 431 g/mol. The number of piperazine rings is 1. The summed E-state index contributed by atoms with van der Waals surface area (Å²) in [4.78, 5) is 34.3. The number of carbonyl (C=O) groups excluding carboxylic acids is 1. The van der Waals surface area contributed by atoms with Crippen LogP contribution >= 0.6 is 11.8 Å². The average molecular weight is 432 g/mol. The molecule has 160 valence electrons. The summed E-state index contributed by atoms with van der Waals surface area (Å²) >= 11 is 1.24. The van der Waals surface area contributed by atoms with Crippen LogP contribution in [0.5, 0.6) is 11.8 Å². The summed E-state index contributed by atoms with van der Waals surface area (Å²) in [5.41, 5.74) is 0.663. The molecule has 11 heteroatoms. The molecule has 1 amide bonds. The smallest absolute Gasteiger partial charge is 0.243 e. The summed E-state index contributed by atoms with van der Waals surface area (Å²) < 4.78 is 11.0. The molecule has 1 saturated heterocycles. The first kappa shape index (κ1) is 21.8. The van der Waals surface area contributed by atoms with E-state index in [9.17, 15) is 4.79 Å². The Morgan fingerprint density at radius 1 is 1.20 bits per heavy atom. The average Bonchev–Trinajstić information content (AvgIpc) is 2.78. The Bertz CT molecular complexity index is 878. The van der Waals surface area contributed by atoms with Crippen molar-refractivity contribution in [2.45, 2.75) is 16.6 Å². The first-order valence-corrected chi connectivity index (χ1v) is 10.2. The van der Waals surface area contributed by atoms with E-state index in [-0.39, 0.29) is 12.5 Å². The molecular weight excluding hydrogens is 406 g/mol. The van der Waals surface area contributed by atoms with Gasteiger partial charge in [0.2, 0.25) is 23.6 Å². The van der Waals surface area contributed by atoms with Gasteiger partial charge in [0.15, 0.2) is 5.16 Å². The van der Waals surface area contributed by atoms with Gasteiger partial charge in [-0.2, -0.15) is 9.97 Å². The molecule has 0 spiro atoms. The van der Waals surface area contributed by atoms with Crippen LogP contribution in [0.15, 0.2) is 35.0 Å². The third-order valence-electron chi connectivity index (χ3n) is 4.48. The number of aromatic nitrogens is 4. The molecule has 0 aromatic carbocycles. The van der Waals surface area contributed by atoms with Gasteiger partial charge < -0.3 is 24.6 Å². The van der Waals surface area contributed by atoms with E-state index in [4.69, 9.17) is 9.47 Å². The number of anilines is 1. The van der Waals surface area contributed by atoms with Crippen molar-refractivity contribution in [2.24, 2.45) is 0 Å². The zero-order chi connectivity index (χ0) is 21.5. The fraction of sp³-hybridized carbons (Fsp3) is 0.421. The molecule has 0 saturated carbocycles. The Labute approximate surface area is 179 Å². The van der Waals surface area contributed by atoms with E-state index in [2.05, 4.69) is 48.7 Å². The molecule has 0 aliphatic carbocycles. The zero-order valence-corrected chi connectivity index (χ0v) is 18.1. The highest BCUT2D eigenvalue weighted by Crippen LogP contribution is 2.39. The molecule has 2 aromatic rings. The van der Waals surface area contributed by atoms with Crippen LogP contribution in [-0.4, -0.2) is 78.2 Å². The van der Waals surface area contributed by atoms with Crippen LogP contribution in [0.1, 0.15) is 5.69 Å². The van der Waals surface area contributed by atoms with Gasteiger partial charge >= 0.3 is 0 Å². The molecule has 0 radical (unpaired) electrons. The summed E-state index contributed by atoms with van der Waals surface area (Å²) in [6, 6.07) is 1.73. The normalized spacial score (nSPS) is 14.3. The number of likely N-dealkylation sites (N-methyl/N-ethyl adjacent to an activating group) is 1. The van der Waals surface area contributed by atoms with Gasteiger partial charge in [-0.15, -0.1) is 0 Å². The maximum Gasteiger partial charge on any atom is 0.243 e. The predicted molar refractivity (Wildman–Crippen MR) is 113 cm³/mol. The second-order valence-corrected chi connectivity index (χ2v) is 7.49. The minimum atomic E-state index is -0.265. The van der Waals surface area contributed by atoms with Crippen LogP contribution in [0.25, 0.3) is 0 Å². The van der Waals surface area contributed by atoms with E-state index in [1.807, 2.05) is 0 Å². The molecule has 0 unspecified atom stereocenters. The van der Waals surface area contributed by atoms with Gasteiger partial charge in [-0.3, -0.25) is 4.79 Å². The lowest BCUT2D eigenvalue weighted by Crippen LogP contribution is -2.45. The first-order valence-electron chi connectivity index (χ1n) is 9.37. The fourth-order valence-electron chi connectivity index (χ4n) is 2.78. The van der Waals surface area contributed by atoms with Crippen molar-refractivity contribution in [2.75, 3.05) is 52.3 Å². The van der Waals surface area contributed by atoms with Crippen LogP contribution in [0, 0.1) is 0 Å². The maximum atomic E-state index is 11.4. The molecule has 1 aliphatic heterocycles. The van der Waals surface area contributed by atoms with Gasteiger partial charge in [-0.25, -0.2) is 9.97 Å². The summed E-state index contributed by atoms with van der Waals surface area (Å²) in [5, 5.41) is 3.16. The Morgan fingerprint density at radius 3 is 2.47 bits per heavy atom. The third kappa shape index (κ3) is 5.36. The second kappa shape index (κ2) is 10.2. The van der Waals surface area contributed by atoms with E-state index in [0.29, 0.717) is 33.5 Å². The minimum Gasteiger partial charge on any atom is -0.480 e. The quantitative estimate of drug-likeness (QED) is 0.480. The van der Waals surface area contributed by atoms with Gasteiger partial charge in [0.1, 0.15) is 4.90 Å². The van der Waals surface area contributed by atoms with Crippen LogP contribution in [0.2, 0.25) is 0 Å². The van der Waals surface area contributed by atoms with Crippen LogP contribution in [0.4, 0.5) is 5.95 Å². The topological polar surface area (TPSA) is 106 Å². The van der Waals surface area contributed by atoms with Gasteiger partial charge in [0.05, 0.1) is 26.5 Å². The summed E-state index contributed by atoms with van der Waals surface area (Å²) in [6.45, 7) is 7.24. The van der Waals surface area contributed by atoms with Crippen LogP contribution in [0.3, 0.4) is 0 Å². The lowest BCUT2D eigenvalue weighted by molar-refractivity contribution is -0.116. The summed E-state index contributed by atoms with van der Waals surface area (Å²) in [5.74, 6) is 1.10. The SMILES string of the molecule is C=CC(=O)NCc1ccnc(Sc2c(OC)nc(N3CCN(C)CC3)nc2OC)n1. The number of rotatable bonds is 8. The number of methoxy groups -OCH3 is 2. The summed E-state index contributed by atoms with van der Waals surface area (Å²) in [6.07, 6.45) is 2.84. The van der Waals surface area contributed by atoms with Crippen LogP contribution < -0.4 is 19.7 Å². The number of nitrogens with zero attached hydrogens (tertiary/aromatic N) is 6. The second-order valence-electron chi connectivity index (χ2n) is 6.52.